The summed E-state index contributed by atoms with van der Waals surface area (Å²) < 4.78 is 11.1. The maximum Gasteiger partial charge on any atom is 0.410 e. The highest BCUT2D eigenvalue weighted by molar-refractivity contribution is 5.81. The van der Waals surface area contributed by atoms with Gasteiger partial charge in [0.15, 0.2) is 0 Å². The van der Waals surface area contributed by atoms with Gasteiger partial charge in [-0.3, -0.25) is 0 Å². The Morgan fingerprint density at radius 1 is 1.07 bits per heavy atom. The molecule has 2 aromatic rings. The molecule has 164 valence electrons. The van der Waals surface area contributed by atoms with E-state index in [2.05, 4.69) is 0 Å². The summed E-state index contributed by atoms with van der Waals surface area (Å²) in [4.78, 5) is 14.1. The maximum absolute atomic E-state index is 12.6. The average molecular weight is 417 g/mol. The zero-order valence-electron chi connectivity index (χ0n) is 17.8. The van der Waals surface area contributed by atoms with Gasteiger partial charge < -0.3 is 36.7 Å². The van der Waals surface area contributed by atoms with Gasteiger partial charge in [0.2, 0.25) is 0 Å². The molecule has 0 aromatic heterocycles. The van der Waals surface area contributed by atoms with Crippen LogP contribution in [0.15, 0.2) is 42.5 Å². The number of anilines is 3. The number of hydrogen-bond acceptors (Lipinski definition) is 7. The highest BCUT2D eigenvalue weighted by Crippen LogP contribution is 2.32. The van der Waals surface area contributed by atoms with Gasteiger partial charge in [0, 0.05) is 6.54 Å². The van der Waals surface area contributed by atoms with Crippen molar-refractivity contribution in [1.82, 2.24) is 4.90 Å². The Morgan fingerprint density at radius 2 is 1.73 bits per heavy atom. The first-order valence-electron chi connectivity index (χ1n) is 9.83. The molecule has 0 aliphatic carbocycles. The maximum atomic E-state index is 12.6. The Bertz CT molecular complexity index is 837. The number of nitrogens with two attached hydrogens (primary N) is 3. The van der Waals surface area contributed by atoms with Crippen LogP contribution in [0.25, 0.3) is 0 Å². The predicted molar refractivity (Wildman–Crippen MR) is 119 cm³/mol. The van der Waals surface area contributed by atoms with Crippen LogP contribution in [-0.4, -0.2) is 47.5 Å². The summed E-state index contributed by atoms with van der Waals surface area (Å²) in [5.74, 6) is 0.328. The summed E-state index contributed by atoms with van der Waals surface area (Å²) in [5.41, 5.74) is 18.7. The topological polar surface area (TPSA) is 137 Å². The SMILES string of the molecule is CC(C)(C)OC(=O)N(CCc1ccccc1)C[C@@H](O)COc1ccc(N)c(N)c1N. The standard InChI is InChI=1S/C22H32N4O4/c1-22(2,3)30-21(28)26(12-11-15-7-5-4-6-8-15)13-16(27)14-29-18-10-9-17(23)19(24)20(18)25/h4-10,16,27H,11-14,23-25H2,1-3H3/t16-/m1/s1. The van der Waals surface area contributed by atoms with Gasteiger partial charge >= 0.3 is 6.09 Å². The Morgan fingerprint density at radius 3 is 2.37 bits per heavy atom. The largest absolute Gasteiger partial charge is 0.489 e. The normalized spacial score (nSPS) is 12.3. The molecule has 7 N–H and O–H groups in total. The van der Waals surface area contributed by atoms with E-state index in [1.807, 2.05) is 30.3 Å². The fourth-order valence-corrected chi connectivity index (χ4v) is 2.74. The Hall–Kier alpha value is -3.13. The lowest BCUT2D eigenvalue weighted by molar-refractivity contribution is 0.00949. The molecule has 0 fully saturated rings. The quantitative estimate of drug-likeness (QED) is 0.485. The Balaban J connectivity index is 2.00. The number of hydrogen-bond donors (Lipinski definition) is 4. The Kier molecular flexibility index (Phi) is 7.77. The molecule has 1 atom stereocenters. The van der Waals surface area contributed by atoms with Crippen LogP contribution in [0.1, 0.15) is 26.3 Å². The molecule has 0 saturated carbocycles. The zero-order valence-corrected chi connectivity index (χ0v) is 17.8. The Labute approximate surface area is 177 Å². The first-order chi connectivity index (χ1) is 14.1. The van der Waals surface area contributed by atoms with Crippen LogP contribution in [-0.2, 0) is 11.2 Å². The number of aliphatic hydroxyl groups excluding tert-OH is 1. The second kappa shape index (κ2) is 10.1. The lowest BCUT2D eigenvalue weighted by Crippen LogP contribution is -2.43. The van der Waals surface area contributed by atoms with Gasteiger partial charge in [-0.15, -0.1) is 0 Å². The highest BCUT2D eigenvalue weighted by Gasteiger charge is 2.24. The minimum atomic E-state index is -0.952. The molecule has 0 bridgehead atoms. The van der Waals surface area contributed by atoms with Crippen molar-refractivity contribution >= 4 is 23.2 Å². The molecular weight excluding hydrogens is 384 g/mol. The molecule has 2 aromatic carbocycles. The smallest absolute Gasteiger partial charge is 0.410 e. The van der Waals surface area contributed by atoms with Gasteiger partial charge in [-0.2, -0.15) is 0 Å². The number of ether oxygens (including phenoxy) is 2. The van der Waals surface area contributed by atoms with Crippen molar-refractivity contribution in [3.63, 3.8) is 0 Å². The van der Waals surface area contributed by atoms with Crippen LogP contribution in [0.4, 0.5) is 21.9 Å². The molecule has 0 aliphatic rings. The molecule has 0 aliphatic heterocycles. The van der Waals surface area contributed by atoms with Gasteiger partial charge in [-0.05, 0) is 44.9 Å². The van der Waals surface area contributed by atoms with Crippen molar-refractivity contribution < 1.29 is 19.4 Å². The fourth-order valence-electron chi connectivity index (χ4n) is 2.74. The van der Waals surface area contributed by atoms with Gasteiger partial charge in [0.05, 0.1) is 23.6 Å². The molecular formula is C22H32N4O4. The van der Waals surface area contributed by atoms with Crippen molar-refractivity contribution in [2.24, 2.45) is 0 Å². The summed E-state index contributed by atoms with van der Waals surface area (Å²) in [6.45, 7) is 5.77. The molecule has 0 spiro atoms. The number of nitrogens with zero attached hydrogens (tertiary/aromatic N) is 1. The van der Waals surface area contributed by atoms with E-state index in [4.69, 9.17) is 26.7 Å². The summed E-state index contributed by atoms with van der Waals surface area (Å²) in [6, 6.07) is 13.0. The van der Waals surface area contributed by atoms with E-state index in [0.29, 0.717) is 24.4 Å². The van der Waals surface area contributed by atoms with Crippen molar-refractivity contribution in [3.8, 4) is 5.75 Å². The number of aliphatic hydroxyl groups is 1. The van der Waals surface area contributed by atoms with E-state index in [9.17, 15) is 9.90 Å². The molecule has 0 saturated heterocycles. The summed E-state index contributed by atoms with van der Waals surface area (Å²) in [5, 5.41) is 10.5. The lowest BCUT2D eigenvalue weighted by Gasteiger charge is -2.29. The van der Waals surface area contributed by atoms with Crippen LogP contribution in [0, 0.1) is 0 Å². The molecule has 0 unspecified atom stereocenters. The third kappa shape index (κ3) is 7.04. The minimum absolute atomic E-state index is 0.0477. The van der Waals surface area contributed by atoms with Crippen LogP contribution in [0.2, 0.25) is 0 Å². The van der Waals surface area contributed by atoms with E-state index >= 15 is 0 Å². The van der Waals surface area contributed by atoms with Gasteiger partial charge in [-0.25, -0.2) is 4.79 Å². The average Bonchev–Trinajstić information content (AvgIpc) is 2.68. The summed E-state index contributed by atoms with van der Waals surface area (Å²) in [6.07, 6.45) is -0.810. The summed E-state index contributed by atoms with van der Waals surface area (Å²) >= 11 is 0. The van der Waals surface area contributed by atoms with Crippen molar-refractivity contribution in [2.45, 2.75) is 38.9 Å². The van der Waals surface area contributed by atoms with E-state index in [1.165, 1.54) is 4.90 Å². The predicted octanol–water partition coefficient (Wildman–Crippen LogP) is 2.65. The van der Waals surface area contributed by atoms with E-state index in [1.54, 1.807) is 32.9 Å². The first kappa shape index (κ1) is 23.2. The molecule has 1 amide bonds. The van der Waals surface area contributed by atoms with E-state index < -0.39 is 17.8 Å². The third-order valence-electron chi connectivity index (χ3n) is 4.31. The fraction of sp³-hybridized carbons (Fsp3) is 0.409. The second-order valence-electron chi connectivity index (χ2n) is 8.11. The molecule has 8 nitrogen and oxygen atoms in total. The number of rotatable bonds is 8. The van der Waals surface area contributed by atoms with Crippen LogP contribution in [0.5, 0.6) is 5.75 Å². The lowest BCUT2D eigenvalue weighted by atomic mass is 10.1. The first-order valence-corrected chi connectivity index (χ1v) is 9.83. The van der Waals surface area contributed by atoms with E-state index in [-0.39, 0.29) is 24.5 Å². The molecule has 0 radical (unpaired) electrons. The van der Waals surface area contributed by atoms with Crippen molar-refractivity contribution in [1.29, 1.82) is 0 Å². The van der Waals surface area contributed by atoms with Crippen molar-refractivity contribution in [3.05, 3.63) is 48.0 Å². The van der Waals surface area contributed by atoms with Crippen LogP contribution >= 0.6 is 0 Å². The number of carbonyl (C=O) groups is 1. The number of benzene rings is 2. The number of amides is 1. The van der Waals surface area contributed by atoms with Crippen LogP contribution in [0.3, 0.4) is 0 Å². The molecule has 30 heavy (non-hydrogen) atoms. The molecule has 0 heterocycles. The van der Waals surface area contributed by atoms with Gasteiger partial charge in [0.1, 0.15) is 24.1 Å². The minimum Gasteiger partial charge on any atom is -0.489 e. The zero-order chi connectivity index (χ0) is 22.3. The van der Waals surface area contributed by atoms with Gasteiger partial charge in [-0.1, -0.05) is 30.3 Å². The number of nitrogen functional groups attached to an aromatic ring is 3. The van der Waals surface area contributed by atoms with Gasteiger partial charge in [0.25, 0.3) is 0 Å². The number of carbonyl (C=O) groups excluding carboxylic acids is 1. The van der Waals surface area contributed by atoms with E-state index in [0.717, 1.165) is 5.56 Å². The highest BCUT2D eigenvalue weighted by atomic mass is 16.6. The molecule has 2 rings (SSSR count). The third-order valence-corrected chi connectivity index (χ3v) is 4.31. The van der Waals surface area contributed by atoms with Crippen molar-refractivity contribution in [2.75, 3.05) is 36.9 Å². The summed E-state index contributed by atoms with van der Waals surface area (Å²) in [7, 11) is 0. The monoisotopic (exact) mass is 416 g/mol. The second-order valence-corrected chi connectivity index (χ2v) is 8.11. The van der Waals surface area contributed by atoms with Crippen LogP contribution < -0.4 is 21.9 Å². The molecule has 8 heteroatoms.